The Morgan fingerprint density at radius 1 is 1.50 bits per heavy atom. The molecule has 2 nitrogen and oxygen atoms in total. The summed E-state index contributed by atoms with van der Waals surface area (Å²) in [5.41, 5.74) is 0.0387. The maximum Gasteiger partial charge on any atom is 0.136 e. The number of thiophene rings is 1. The minimum atomic E-state index is 0.0387. The van der Waals surface area contributed by atoms with Gasteiger partial charge >= 0.3 is 0 Å². The molecule has 0 N–H and O–H groups in total. The zero-order valence-corrected chi connectivity index (χ0v) is 13.4. The number of aryl methyl sites for hydroxylation is 1. The average Bonchev–Trinajstić information content (AvgIpc) is 3.11. The number of carbonyl (C=O) groups is 1. The molecule has 2 fully saturated rings. The summed E-state index contributed by atoms with van der Waals surface area (Å²) in [5, 5.41) is 2.11. The van der Waals surface area contributed by atoms with Gasteiger partial charge in [-0.2, -0.15) is 11.8 Å². The Hall–Kier alpha value is -0.320. The molecular weight excluding hydrogens is 288 g/mol. The smallest absolute Gasteiger partial charge is 0.136 e. The molecule has 1 aromatic rings. The number of ketones is 1. The predicted octanol–water partition coefficient (Wildman–Crippen LogP) is 3.94. The molecule has 2 unspecified atom stereocenters. The van der Waals surface area contributed by atoms with Crippen molar-refractivity contribution in [3.63, 3.8) is 0 Å². The summed E-state index contributed by atoms with van der Waals surface area (Å²) in [4.78, 5) is 13.8. The summed E-state index contributed by atoms with van der Waals surface area (Å²) < 4.78 is 6.00. The Kier molecular flexibility index (Phi) is 4.84. The van der Waals surface area contributed by atoms with Crippen molar-refractivity contribution in [2.24, 2.45) is 5.92 Å². The van der Waals surface area contributed by atoms with E-state index in [4.69, 9.17) is 4.74 Å². The maximum absolute atomic E-state index is 12.4. The van der Waals surface area contributed by atoms with Crippen LogP contribution in [0.15, 0.2) is 17.5 Å². The molecule has 0 aliphatic carbocycles. The van der Waals surface area contributed by atoms with Gasteiger partial charge in [0.05, 0.1) is 5.60 Å². The highest BCUT2D eigenvalue weighted by atomic mass is 32.2. The lowest BCUT2D eigenvalue weighted by Gasteiger charge is -2.37. The number of rotatable bonds is 5. The molecule has 1 aromatic heterocycles. The highest BCUT2D eigenvalue weighted by Crippen LogP contribution is 2.40. The molecule has 20 heavy (non-hydrogen) atoms. The van der Waals surface area contributed by atoms with Crippen LogP contribution in [0, 0.1) is 5.92 Å². The summed E-state index contributed by atoms with van der Waals surface area (Å²) in [7, 11) is 0. The first-order valence-corrected chi connectivity index (χ1v) is 9.58. The summed E-state index contributed by atoms with van der Waals surface area (Å²) >= 11 is 3.77. The Bertz CT molecular complexity index is 435. The van der Waals surface area contributed by atoms with E-state index in [0.717, 1.165) is 50.9 Å². The van der Waals surface area contributed by atoms with Gasteiger partial charge < -0.3 is 4.74 Å². The molecule has 2 aliphatic rings. The molecule has 4 heteroatoms. The SMILES string of the molecule is O=C(CCCc1cccs1)C1CCOC2(CCSC2)C1. The van der Waals surface area contributed by atoms with E-state index >= 15 is 0 Å². The van der Waals surface area contributed by atoms with E-state index in [9.17, 15) is 4.79 Å². The third-order valence-corrected chi connectivity index (χ3v) is 6.60. The van der Waals surface area contributed by atoms with E-state index in [0.29, 0.717) is 5.78 Å². The van der Waals surface area contributed by atoms with Crippen LogP contribution in [-0.4, -0.2) is 29.5 Å². The highest BCUT2D eigenvalue weighted by Gasteiger charge is 2.42. The van der Waals surface area contributed by atoms with Gasteiger partial charge in [0.2, 0.25) is 0 Å². The number of hydrogen-bond acceptors (Lipinski definition) is 4. The van der Waals surface area contributed by atoms with Gasteiger partial charge in [0.25, 0.3) is 0 Å². The highest BCUT2D eigenvalue weighted by molar-refractivity contribution is 7.99. The van der Waals surface area contributed by atoms with Crippen molar-refractivity contribution in [3.8, 4) is 0 Å². The standard InChI is InChI=1S/C16H22O2S2/c17-15(5-1-3-14-4-2-9-20-14)13-6-8-18-16(11-13)7-10-19-12-16/h2,4,9,13H,1,3,5-8,10-12H2. The lowest BCUT2D eigenvalue weighted by atomic mass is 9.82. The number of hydrogen-bond donors (Lipinski definition) is 0. The van der Waals surface area contributed by atoms with Crippen LogP contribution in [0.25, 0.3) is 0 Å². The fourth-order valence-corrected chi connectivity index (χ4v) is 5.39. The Morgan fingerprint density at radius 2 is 2.45 bits per heavy atom. The minimum Gasteiger partial charge on any atom is -0.374 e. The van der Waals surface area contributed by atoms with E-state index in [-0.39, 0.29) is 11.5 Å². The minimum absolute atomic E-state index is 0.0387. The first-order chi connectivity index (χ1) is 9.77. The second kappa shape index (κ2) is 6.63. The lowest BCUT2D eigenvalue weighted by molar-refractivity contribution is -0.134. The number of carbonyl (C=O) groups excluding carboxylic acids is 1. The number of ether oxygens (including phenoxy) is 1. The second-order valence-electron chi connectivity index (χ2n) is 5.92. The van der Waals surface area contributed by atoms with Crippen LogP contribution in [0.4, 0.5) is 0 Å². The van der Waals surface area contributed by atoms with Crippen LogP contribution in [0.3, 0.4) is 0 Å². The molecule has 2 aliphatic heterocycles. The Balaban J connectivity index is 1.47. The molecule has 1 spiro atoms. The van der Waals surface area contributed by atoms with Gasteiger partial charge in [-0.05, 0) is 49.3 Å². The molecule has 0 bridgehead atoms. The third-order valence-electron chi connectivity index (χ3n) is 4.44. The largest absolute Gasteiger partial charge is 0.374 e. The Labute approximate surface area is 129 Å². The maximum atomic E-state index is 12.4. The van der Waals surface area contributed by atoms with Crippen LogP contribution >= 0.6 is 23.1 Å². The second-order valence-corrected chi connectivity index (χ2v) is 8.06. The topological polar surface area (TPSA) is 26.3 Å². The first kappa shape index (κ1) is 14.6. The molecule has 0 amide bonds. The van der Waals surface area contributed by atoms with Crippen molar-refractivity contribution in [1.82, 2.24) is 0 Å². The number of Topliss-reactive ketones (excluding diaryl/α,β-unsaturated/α-hetero) is 1. The van der Waals surface area contributed by atoms with Crippen LogP contribution in [0.5, 0.6) is 0 Å². The van der Waals surface area contributed by atoms with E-state index in [1.54, 1.807) is 11.3 Å². The van der Waals surface area contributed by atoms with E-state index in [1.807, 2.05) is 11.8 Å². The van der Waals surface area contributed by atoms with Crippen LogP contribution in [-0.2, 0) is 16.0 Å². The van der Waals surface area contributed by atoms with Gasteiger partial charge in [-0.25, -0.2) is 0 Å². The van der Waals surface area contributed by atoms with E-state index < -0.39 is 0 Å². The molecular formula is C16H22O2S2. The fraction of sp³-hybridized carbons (Fsp3) is 0.688. The van der Waals surface area contributed by atoms with Crippen molar-refractivity contribution >= 4 is 28.9 Å². The van der Waals surface area contributed by atoms with Crippen molar-refractivity contribution < 1.29 is 9.53 Å². The van der Waals surface area contributed by atoms with Crippen LogP contribution in [0.2, 0.25) is 0 Å². The molecule has 0 saturated carbocycles. The summed E-state index contributed by atoms with van der Waals surface area (Å²) in [6.45, 7) is 0.780. The van der Waals surface area contributed by atoms with Crippen LogP contribution in [0.1, 0.15) is 37.0 Å². The van der Waals surface area contributed by atoms with Gasteiger partial charge in [-0.1, -0.05) is 6.07 Å². The first-order valence-electron chi connectivity index (χ1n) is 7.54. The van der Waals surface area contributed by atoms with Crippen molar-refractivity contribution in [3.05, 3.63) is 22.4 Å². The molecule has 3 heterocycles. The van der Waals surface area contributed by atoms with Gasteiger partial charge in [0.15, 0.2) is 0 Å². The van der Waals surface area contributed by atoms with Crippen molar-refractivity contribution in [1.29, 1.82) is 0 Å². The monoisotopic (exact) mass is 310 g/mol. The molecule has 0 aromatic carbocycles. The molecule has 110 valence electrons. The molecule has 3 rings (SSSR count). The van der Waals surface area contributed by atoms with Gasteiger partial charge in [0, 0.05) is 29.6 Å². The fourth-order valence-electron chi connectivity index (χ4n) is 3.26. The summed E-state index contributed by atoms with van der Waals surface area (Å²) in [6, 6.07) is 4.25. The summed E-state index contributed by atoms with van der Waals surface area (Å²) in [5.74, 6) is 3.01. The predicted molar refractivity (Wildman–Crippen MR) is 85.6 cm³/mol. The normalized spacial score (nSPS) is 29.9. The van der Waals surface area contributed by atoms with Gasteiger partial charge in [0.1, 0.15) is 5.78 Å². The lowest BCUT2D eigenvalue weighted by Crippen LogP contribution is -2.42. The molecule has 2 saturated heterocycles. The summed E-state index contributed by atoms with van der Waals surface area (Å²) in [6.07, 6.45) is 5.83. The van der Waals surface area contributed by atoms with Gasteiger partial charge in [-0.15, -0.1) is 11.3 Å². The Morgan fingerprint density at radius 3 is 3.20 bits per heavy atom. The molecule has 2 atom stereocenters. The number of thioether (sulfide) groups is 1. The quantitative estimate of drug-likeness (QED) is 0.824. The zero-order chi connectivity index (χ0) is 13.8. The van der Waals surface area contributed by atoms with E-state index in [1.165, 1.54) is 10.6 Å². The zero-order valence-electron chi connectivity index (χ0n) is 11.8. The third kappa shape index (κ3) is 3.46. The van der Waals surface area contributed by atoms with Crippen LogP contribution < -0.4 is 0 Å². The van der Waals surface area contributed by atoms with Gasteiger partial charge in [-0.3, -0.25) is 4.79 Å². The van der Waals surface area contributed by atoms with Crippen molar-refractivity contribution in [2.45, 2.75) is 44.1 Å². The molecule has 0 radical (unpaired) electrons. The average molecular weight is 310 g/mol. The van der Waals surface area contributed by atoms with Crippen molar-refractivity contribution in [2.75, 3.05) is 18.1 Å². The van der Waals surface area contributed by atoms with E-state index in [2.05, 4.69) is 17.5 Å².